The molecule has 2 heterocycles. The van der Waals surface area contributed by atoms with E-state index in [2.05, 4.69) is 24.8 Å². The summed E-state index contributed by atoms with van der Waals surface area (Å²) in [5.74, 6) is -1.78. The molecule has 15 heteroatoms. The second kappa shape index (κ2) is 12.1. The van der Waals surface area contributed by atoms with E-state index in [4.69, 9.17) is 17.3 Å². The van der Waals surface area contributed by atoms with Gasteiger partial charge < -0.3 is 5.73 Å². The first-order valence-electron chi connectivity index (χ1n) is 12.0. The zero-order chi connectivity index (χ0) is 29.8. The summed E-state index contributed by atoms with van der Waals surface area (Å²) in [6, 6.07) is 17.7. The molecule has 1 aliphatic rings. The lowest BCUT2D eigenvalue weighted by atomic mass is 9.86. The fraction of sp³-hybridized carbons (Fsp3) is 0.192. The molecule has 0 spiro atoms. The van der Waals surface area contributed by atoms with Crippen LogP contribution in [-0.4, -0.2) is 48.5 Å². The fourth-order valence-corrected chi connectivity index (χ4v) is 4.96. The van der Waals surface area contributed by atoms with Crippen LogP contribution in [0.3, 0.4) is 0 Å². The molecule has 0 saturated heterocycles. The molecule has 1 aliphatic heterocycles. The summed E-state index contributed by atoms with van der Waals surface area (Å²) in [5.41, 5.74) is 6.87. The monoisotopic (exact) mass is 605 g/mol. The van der Waals surface area contributed by atoms with E-state index in [-0.39, 0.29) is 12.5 Å². The number of aliphatic imine (C=N–C) groups is 1. The Morgan fingerprint density at radius 1 is 1.10 bits per heavy atom. The summed E-state index contributed by atoms with van der Waals surface area (Å²) in [6.07, 6.45) is -3.88. The highest BCUT2D eigenvalue weighted by Gasteiger charge is 2.32. The number of benzene rings is 2. The Balaban J connectivity index is 1.82. The molecule has 0 bridgehead atoms. The van der Waals surface area contributed by atoms with Crippen LogP contribution in [-0.2, 0) is 21.0 Å². The average molecular weight is 606 g/mol. The highest BCUT2D eigenvalue weighted by atomic mass is 35.5. The molecule has 0 saturated carbocycles. The fourth-order valence-electron chi connectivity index (χ4n) is 3.97. The van der Waals surface area contributed by atoms with E-state index < -0.39 is 44.6 Å². The number of hydrogen-bond donors (Lipinski definition) is 2. The number of hydrazone groups is 1. The Labute approximate surface area is 238 Å². The Morgan fingerprint density at radius 3 is 2.37 bits per heavy atom. The second-order valence-electron chi connectivity index (χ2n) is 8.79. The van der Waals surface area contributed by atoms with E-state index in [1.54, 1.807) is 24.3 Å². The number of rotatable bonds is 4. The summed E-state index contributed by atoms with van der Waals surface area (Å²) in [5, 5.41) is 7.84. The minimum atomic E-state index is -4.71. The maximum atomic E-state index is 13.1. The SMILES string of the molecule is CC(=O)N/C(N)=N/C(=N/S(=O)(=O)c1ccc(C(F)(F)F)cn1)N1CC[C@@H](c2ccccc2)C(c2ccc(Cl)cc2)=N1. The molecule has 0 fully saturated rings. The van der Waals surface area contributed by atoms with Gasteiger partial charge in [0.2, 0.25) is 11.9 Å². The molecular formula is C26H23ClF3N7O3S. The number of nitrogens with zero attached hydrogens (tertiary/aromatic N) is 5. The van der Waals surface area contributed by atoms with Crippen LogP contribution in [0.2, 0.25) is 5.02 Å². The number of nitrogens with two attached hydrogens (primary N) is 1. The van der Waals surface area contributed by atoms with Crippen LogP contribution in [0.25, 0.3) is 0 Å². The Bertz CT molecular complexity index is 1610. The minimum Gasteiger partial charge on any atom is -0.369 e. The van der Waals surface area contributed by atoms with Gasteiger partial charge in [-0.2, -0.15) is 31.7 Å². The average Bonchev–Trinajstić information content (AvgIpc) is 2.92. The standard InChI is InChI=1S/C26H23ClF3N7O3S/c1-16(38)33-24(31)34-25(36-41(39,40)22-12-9-19(15-32-22)26(28,29)30)37-14-13-21(17-5-3-2-4-6-17)23(35-37)18-7-10-20(27)11-8-18/h2-12,15,21H,13-14H2,1H3,(H3,31,33,34,36,38)/t21-/m0/s1. The topological polar surface area (TPSA) is 142 Å². The molecule has 1 amide bonds. The number of guanidine groups is 2. The second-order valence-corrected chi connectivity index (χ2v) is 10.8. The zero-order valence-electron chi connectivity index (χ0n) is 21.4. The number of alkyl halides is 3. The summed E-state index contributed by atoms with van der Waals surface area (Å²) in [6.45, 7) is 1.30. The Hall–Kier alpha value is -4.30. The van der Waals surface area contributed by atoms with Crippen LogP contribution in [0.15, 0.2) is 92.4 Å². The molecule has 0 unspecified atom stereocenters. The maximum Gasteiger partial charge on any atom is 0.417 e. The minimum absolute atomic E-state index is 0.127. The number of carbonyl (C=O) groups is 1. The van der Waals surface area contributed by atoms with Gasteiger partial charge in [0.15, 0.2) is 5.03 Å². The van der Waals surface area contributed by atoms with Crippen LogP contribution in [0, 0.1) is 0 Å². The predicted octanol–water partition coefficient (Wildman–Crippen LogP) is 4.14. The van der Waals surface area contributed by atoms with Crippen LogP contribution in [0.4, 0.5) is 13.2 Å². The number of halogens is 4. The smallest absolute Gasteiger partial charge is 0.369 e. The third kappa shape index (κ3) is 7.46. The molecule has 1 aromatic heterocycles. The van der Waals surface area contributed by atoms with Gasteiger partial charge in [-0.25, -0.2) is 9.99 Å². The van der Waals surface area contributed by atoms with Crippen molar-refractivity contribution in [2.24, 2.45) is 20.2 Å². The molecule has 3 aromatic rings. The van der Waals surface area contributed by atoms with Gasteiger partial charge >= 0.3 is 16.2 Å². The van der Waals surface area contributed by atoms with Crippen molar-refractivity contribution in [3.63, 3.8) is 0 Å². The van der Waals surface area contributed by atoms with Crippen molar-refractivity contribution in [2.75, 3.05) is 6.54 Å². The van der Waals surface area contributed by atoms with Gasteiger partial charge in [0, 0.05) is 30.6 Å². The normalized spacial score (nSPS) is 16.8. The molecule has 10 nitrogen and oxygen atoms in total. The lowest BCUT2D eigenvalue weighted by molar-refractivity contribution is -0.137. The van der Waals surface area contributed by atoms with E-state index >= 15 is 0 Å². The van der Waals surface area contributed by atoms with Crippen LogP contribution < -0.4 is 11.1 Å². The van der Waals surface area contributed by atoms with Crippen LogP contribution in [0.1, 0.15) is 36.0 Å². The molecule has 41 heavy (non-hydrogen) atoms. The Kier molecular flexibility index (Phi) is 8.73. The third-order valence-electron chi connectivity index (χ3n) is 5.82. The largest absolute Gasteiger partial charge is 0.417 e. The first-order valence-corrected chi connectivity index (χ1v) is 13.8. The number of sulfonamides is 1. The van der Waals surface area contributed by atoms with Crippen molar-refractivity contribution in [2.45, 2.75) is 30.5 Å². The van der Waals surface area contributed by atoms with E-state index in [1.807, 2.05) is 30.3 Å². The van der Waals surface area contributed by atoms with Gasteiger partial charge in [0.25, 0.3) is 5.96 Å². The van der Waals surface area contributed by atoms with Crippen molar-refractivity contribution in [3.8, 4) is 0 Å². The molecule has 1 atom stereocenters. The number of amides is 1. The summed E-state index contributed by atoms with van der Waals surface area (Å²) < 4.78 is 68.8. The summed E-state index contributed by atoms with van der Waals surface area (Å²) in [4.78, 5) is 18.9. The first-order chi connectivity index (χ1) is 19.3. The molecule has 0 radical (unpaired) electrons. The Morgan fingerprint density at radius 2 is 1.78 bits per heavy atom. The predicted molar refractivity (Wildman–Crippen MR) is 148 cm³/mol. The number of pyridine rings is 1. The van der Waals surface area contributed by atoms with E-state index in [9.17, 15) is 26.4 Å². The van der Waals surface area contributed by atoms with E-state index in [0.717, 1.165) is 5.56 Å². The molecule has 3 N–H and O–H groups in total. The highest BCUT2D eigenvalue weighted by Crippen LogP contribution is 2.31. The maximum absolute atomic E-state index is 13.1. The van der Waals surface area contributed by atoms with Crippen molar-refractivity contribution in [3.05, 3.63) is 94.6 Å². The molecule has 0 aliphatic carbocycles. The number of hydrogen-bond acceptors (Lipinski definition) is 5. The zero-order valence-corrected chi connectivity index (χ0v) is 23.0. The van der Waals surface area contributed by atoms with Crippen molar-refractivity contribution in [1.82, 2.24) is 15.3 Å². The third-order valence-corrected chi connectivity index (χ3v) is 7.24. The first kappa shape index (κ1) is 29.7. The molecule has 2 aromatic carbocycles. The number of carbonyl (C=O) groups excluding carboxylic acids is 1. The van der Waals surface area contributed by atoms with Gasteiger partial charge in [-0.1, -0.05) is 54.1 Å². The van der Waals surface area contributed by atoms with Crippen molar-refractivity contribution < 1.29 is 26.4 Å². The highest BCUT2D eigenvalue weighted by molar-refractivity contribution is 7.90. The number of aromatic nitrogens is 1. The van der Waals surface area contributed by atoms with Gasteiger partial charge in [-0.15, -0.1) is 4.40 Å². The lowest BCUT2D eigenvalue weighted by Crippen LogP contribution is -2.40. The molecule has 214 valence electrons. The summed E-state index contributed by atoms with van der Waals surface area (Å²) in [7, 11) is -4.69. The van der Waals surface area contributed by atoms with E-state index in [1.165, 1.54) is 11.9 Å². The molecular weight excluding hydrogens is 583 g/mol. The van der Waals surface area contributed by atoms with Crippen molar-refractivity contribution in [1.29, 1.82) is 0 Å². The number of nitrogens with one attached hydrogen (secondary N) is 1. The van der Waals surface area contributed by atoms with Gasteiger partial charge in [-0.05, 0) is 41.8 Å². The van der Waals surface area contributed by atoms with Gasteiger partial charge in [0.05, 0.1) is 11.3 Å². The summed E-state index contributed by atoms with van der Waals surface area (Å²) >= 11 is 6.08. The van der Waals surface area contributed by atoms with Crippen LogP contribution >= 0.6 is 11.6 Å². The molecule has 4 rings (SSSR count). The van der Waals surface area contributed by atoms with Gasteiger partial charge in [-0.3, -0.25) is 10.1 Å². The lowest BCUT2D eigenvalue weighted by Gasteiger charge is -2.30. The van der Waals surface area contributed by atoms with E-state index in [0.29, 0.717) is 41.0 Å². The van der Waals surface area contributed by atoms with Crippen molar-refractivity contribution >= 4 is 45.2 Å². The quantitative estimate of drug-likeness (QED) is 0.338. The van der Waals surface area contributed by atoms with Gasteiger partial charge in [0.1, 0.15) is 0 Å². The van der Waals surface area contributed by atoms with Crippen LogP contribution in [0.5, 0.6) is 0 Å².